The second-order valence-corrected chi connectivity index (χ2v) is 7.56. The highest BCUT2D eigenvalue weighted by Gasteiger charge is 2.47. The van der Waals surface area contributed by atoms with Crippen LogP contribution < -0.4 is 10.1 Å². The first-order chi connectivity index (χ1) is 14.9. The van der Waals surface area contributed by atoms with Crippen LogP contribution in [-0.2, 0) is 16.9 Å². The minimum atomic E-state index is -0.998. The Hall–Kier alpha value is -3.94. The van der Waals surface area contributed by atoms with Gasteiger partial charge in [0, 0.05) is 24.0 Å². The highest BCUT2D eigenvalue weighted by molar-refractivity contribution is 6.01. The van der Waals surface area contributed by atoms with Crippen molar-refractivity contribution in [1.29, 1.82) is 0 Å². The number of carbonyl (C=O) groups excluding carboxylic acids is 1. The van der Waals surface area contributed by atoms with Crippen molar-refractivity contribution < 1.29 is 19.4 Å². The van der Waals surface area contributed by atoms with Crippen molar-refractivity contribution in [1.82, 2.24) is 14.9 Å². The van der Waals surface area contributed by atoms with Gasteiger partial charge >= 0.3 is 5.97 Å². The molecule has 0 spiro atoms. The summed E-state index contributed by atoms with van der Waals surface area (Å²) in [7, 11) is 1.59. The monoisotopic (exact) mass is 418 g/mol. The molecule has 2 heterocycles. The molecule has 2 N–H and O–H groups in total. The molecule has 4 rings (SSSR count). The van der Waals surface area contributed by atoms with Crippen LogP contribution in [0.5, 0.6) is 5.75 Å². The third kappa shape index (κ3) is 3.92. The van der Waals surface area contributed by atoms with E-state index in [-0.39, 0.29) is 18.9 Å². The minimum Gasteiger partial charge on any atom is -0.497 e. The largest absolute Gasteiger partial charge is 0.497 e. The van der Waals surface area contributed by atoms with E-state index in [1.807, 2.05) is 30.3 Å². The summed E-state index contributed by atoms with van der Waals surface area (Å²) in [5.74, 6) is 0.156. The average molecular weight is 418 g/mol. The summed E-state index contributed by atoms with van der Waals surface area (Å²) >= 11 is 0. The van der Waals surface area contributed by atoms with E-state index >= 15 is 0 Å². The fourth-order valence-electron chi connectivity index (χ4n) is 3.93. The first-order valence-electron chi connectivity index (χ1n) is 9.75. The van der Waals surface area contributed by atoms with Crippen LogP contribution in [0.15, 0.2) is 61.1 Å². The van der Waals surface area contributed by atoms with E-state index < -0.39 is 11.5 Å². The van der Waals surface area contributed by atoms with Gasteiger partial charge in [-0.2, -0.15) is 0 Å². The number of nitrogens with zero attached hydrogens (tertiary/aromatic N) is 3. The van der Waals surface area contributed by atoms with Crippen LogP contribution in [-0.4, -0.2) is 39.0 Å². The predicted molar refractivity (Wildman–Crippen MR) is 114 cm³/mol. The zero-order valence-electron chi connectivity index (χ0n) is 17.2. The highest BCUT2D eigenvalue weighted by Crippen LogP contribution is 2.43. The summed E-state index contributed by atoms with van der Waals surface area (Å²) < 4.78 is 5.19. The number of methoxy groups -OCH3 is 1. The van der Waals surface area contributed by atoms with Crippen molar-refractivity contribution in [2.45, 2.75) is 25.4 Å². The van der Waals surface area contributed by atoms with Crippen molar-refractivity contribution in [3.8, 4) is 5.75 Å². The number of carbonyl (C=O) groups is 2. The van der Waals surface area contributed by atoms with Gasteiger partial charge < -0.3 is 20.1 Å². The maximum Gasteiger partial charge on any atom is 0.306 e. The Kier molecular flexibility index (Phi) is 5.29. The molecule has 3 aromatic rings. The number of benzene rings is 2. The summed E-state index contributed by atoms with van der Waals surface area (Å²) in [6, 6.07) is 14.5. The zero-order chi connectivity index (χ0) is 22.0. The molecule has 0 aliphatic carbocycles. The molecule has 0 saturated heterocycles. The van der Waals surface area contributed by atoms with E-state index in [0.717, 1.165) is 5.56 Å². The van der Waals surface area contributed by atoms with Crippen molar-refractivity contribution in [3.63, 3.8) is 0 Å². The van der Waals surface area contributed by atoms with Gasteiger partial charge in [-0.3, -0.25) is 9.59 Å². The number of ether oxygens (including phenoxy) is 1. The normalized spacial score (nSPS) is 17.4. The number of carboxylic acids is 1. The smallest absolute Gasteiger partial charge is 0.306 e. The van der Waals surface area contributed by atoms with Gasteiger partial charge in [0.15, 0.2) is 0 Å². The Morgan fingerprint density at radius 3 is 2.61 bits per heavy atom. The summed E-state index contributed by atoms with van der Waals surface area (Å²) in [5.41, 5.74) is 1.78. The SMILES string of the molecule is COc1ccc(CN2C(=O)c3ccc(Nc4ccncn4)cc3C2(C)CC(=O)O)cc1. The van der Waals surface area contributed by atoms with E-state index in [9.17, 15) is 14.7 Å². The van der Waals surface area contributed by atoms with Crippen LogP contribution in [0.2, 0.25) is 0 Å². The van der Waals surface area contributed by atoms with Crippen LogP contribution in [0.1, 0.15) is 34.8 Å². The predicted octanol–water partition coefficient (Wildman–Crippen LogP) is 3.57. The minimum absolute atomic E-state index is 0.192. The molecule has 0 radical (unpaired) electrons. The maximum atomic E-state index is 13.3. The number of hydrogen-bond acceptors (Lipinski definition) is 6. The van der Waals surface area contributed by atoms with Gasteiger partial charge in [0.1, 0.15) is 17.9 Å². The van der Waals surface area contributed by atoms with Gasteiger partial charge in [0.25, 0.3) is 5.91 Å². The molecule has 1 aliphatic rings. The summed E-state index contributed by atoms with van der Waals surface area (Å²) in [4.78, 5) is 34.7. The van der Waals surface area contributed by atoms with E-state index in [1.165, 1.54) is 6.33 Å². The first-order valence-corrected chi connectivity index (χ1v) is 9.75. The lowest BCUT2D eigenvalue weighted by Gasteiger charge is -2.35. The van der Waals surface area contributed by atoms with Gasteiger partial charge in [-0.25, -0.2) is 9.97 Å². The number of fused-ring (bicyclic) bond motifs is 1. The number of aromatic nitrogens is 2. The van der Waals surface area contributed by atoms with Gasteiger partial charge in [-0.05, 0) is 54.4 Å². The van der Waals surface area contributed by atoms with E-state index in [2.05, 4.69) is 15.3 Å². The molecular weight excluding hydrogens is 396 g/mol. The van der Waals surface area contributed by atoms with Gasteiger partial charge in [0.2, 0.25) is 0 Å². The zero-order valence-corrected chi connectivity index (χ0v) is 17.2. The molecule has 158 valence electrons. The molecule has 1 atom stereocenters. The van der Waals surface area contributed by atoms with E-state index in [0.29, 0.717) is 28.4 Å². The molecule has 1 unspecified atom stereocenters. The molecular formula is C23H22N4O4. The Labute approximate surface area is 179 Å². The molecule has 0 fully saturated rings. The maximum absolute atomic E-state index is 13.3. The fraction of sp³-hybridized carbons (Fsp3) is 0.217. The quantitative estimate of drug-likeness (QED) is 0.604. The van der Waals surface area contributed by atoms with Crippen LogP contribution in [0.4, 0.5) is 11.5 Å². The first kappa shape index (κ1) is 20.3. The van der Waals surface area contributed by atoms with Crippen molar-refractivity contribution >= 4 is 23.4 Å². The van der Waals surface area contributed by atoms with Gasteiger partial charge in [-0.15, -0.1) is 0 Å². The Morgan fingerprint density at radius 1 is 1.19 bits per heavy atom. The van der Waals surface area contributed by atoms with Gasteiger partial charge in [0.05, 0.1) is 19.1 Å². The number of rotatable bonds is 7. The second-order valence-electron chi connectivity index (χ2n) is 7.56. The lowest BCUT2D eigenvalue weighted by atomic mass is 9.87. The average Bonchev–Trinajstić information content (AvgIpc) is 2.96. The molecule has 0 bridgehead atoms. The lowest BCUT2D eigenvalue weighted by molar-refractivity contribution is -0.139. The van der Waals surface area contributed by atoms with Crippen LogP contribution >= 0.6 is 0 Å². The van der Waals surface area contributed by atoms with E-state index in [4.69, 9.17) is 4.74 Å². The number of amides is 1. The third-order valence-electron chi connectivity index (χ3n) is 5.52. The number of carboxylic acid groups (broad SMARTS) is 1. The lowest BCUT2D eigenvalue weighted by Crippen LogP contribution is -2.42. The summed E-state index contributed by atoms with van der Waals surface area (Å²) in [5, 5.41) is 12.8. The summed E-state index contributed by atoms with van der Waals surface area (Å²) in [6.45, 7) is 2.08. The third-order valence-corrected chi connectivity index (χ3v) is 5.52. The standard InChI is InChI=1S/C23H22N4O4/c1-23(12-21(28)29)19-11-16(26-20-9-10-24-14-25-20)5-8-18(19)22(30)27(23)13-15-3-6-17(31-2)7-4-15/h3-11,14H,12-13H2,1-2H3,(H,28,29)(H,24,25,26). The Bertz CT molecular complexity index is 1120. The Balaban J connectivity index is 1.70. The summed E-state index contributed by atoms with van der Waals surface area (Å²) in [6.07, 6.45) is 2.85. The van der Waals surface area contributed by atoms with E-state index in [1.54, 1.807) is 43.3 Å². The number of nitrogens with one attached hydrogen (secondary N) is 1. The molecule has 2 aromatic carbocycles. The van der Waals surface area contributed by atoms with Crippen molar-refractivity contribution in [2.24, 2.45) is 0 Å². The van der Waals surface area contributed by atoms with Crippen LogP contribution in [0, 0.1) is 0 Å². The van der Waals surface area contributed by atoms with Crippen LogP contribution in [0.25, 0.3) is 0 Å². The second kappa shape index (κ2) is 8.06. The molecule has 8 nitrogen and oxygen atoms in total. The van der Waals surface area contributed by atoms with Crippen molar-refractivity contribution in [3.05, 3.63) is 77.7 Å². The molecule has 31 heavy (non-hydrogen) atoms. The molecule has 1 amide bonds. The van der Waals surface area contributed by atoms with Crippen molar-refractivity contribution in [2.75, 3.05) is 12.4 Å². The highest BCUT2D eigenvalue weighted by atomic mass is 16.5. The van der Waals surface area contributed by atoms with Gasteiger partial charge in [-0.1, -0.05) is 12.1 Å². The molecule has 0 saturated carbocycles. The molecule has 8 heteroatoms. The molecule has 1 aliphatic heterocycles. The number of hydrogen-bond donors (Lipinski definition) is 2. The number of anilines is 2. The fourth-order valence-corrected chi connectivity index (χ4v) is 3.93. The Morgan fingerprint density at radius 2 is 1.97 bits per heavy atom. The molecule has 1 aromatic heterocycles. The van der Waals surface area contributed by atoms with Crippen LogP contribution in [0.3, 0.4) is 0 Å². The topological polar surface area (TPSA) is 105 Å². The number of aliphatic carboxylic acids is 1.